The van der Waals surface area contributed by atoms with Crippen LogP contribution in [-0.2, 0) is 33.3 Å². The highest BCUT2D eigenvalue weighted by atomic mass is 16.7. The lowest BCUT2D eigenvalue weighted by atomic mass is 9.99. The maximum absolute atomic E-state index is 12.8. The van der Waals surface area contributed by atoms with Crippen LogP contribution in [0.4, 0.5) is 0 Å². The smallest absolute Gasteiger partial charge is 0.335 e. The molecule has 11 heteroatoms. The number of aliphatic hydroxyl groups is 3. The first-order chi connectivity index (χ1) is 33.2. The Morgan fingerprint density at radius 3 is 1.37 bits per heavy atom. The molecule has 1 heterocycles. The molecular weight excluding hydrogens is 861 g/mol. The second-order valence-electron chi connectivity index (χ2n) is 18.0. The van der Waals surface area contributed by atoms with Crippen molar-refractivity contribution in [3.05, 3.63) is 85.1 Å². The Morgan fingerprint density at radius 1 is 0.471 bits per heavy atom. The van der Waals surface area contributed by atoms with Crippen LogP contribution in [0.3, 0.4) is 0 Å². The van der Waals surface area contributed by atoms with Crippen LogP contribution in [0.25, 0.3) is 0 Å². The topological polar surface area (TPSA) is 169 Å². The predicted octanol–water partition coefficient (Wildman–Crippen LogP) is 13.0. The summed E-state index contributed by atoms with van der Waals surface area (Å²) in [5.41, 5.74) is 0. The highest BCUT2D eigenvalue weighted by Gasteiger charge is 2.47. The van der Waals surface area contributed by atoms with E-state index in [2.05, 4.69) is 86.8 Å². The fourth-order valence-corrected chi connectivity index (χ4v) is 7.61. The van der Waals surface area contributed by atoms with Gasteiger partial charge in [0.05, 0.1) is 6.61 Å². The van der Waals surface area contributed by atoms with E-state index >= 15 is 0 Å². The van der Waals surface area contributed by atoms with Gasteiger partial charge in [-0.25, -0.2) is 4.79 Å². The number of aliphatic hydroxyl groups excluding tert-OH is 3. The highest BCUT2D eigenvalue weighted by molar-refractivity contribution is 5.73. The molecule has 0 aromatic heterocycles. The summed E-state index contributed by atoms with van der Waals surface area (Å²) in [4.78, 5) is 37.0. The molecule has 0 aromatic carbocycles. The molecule has 11 nitrogen and oxygen atoms in total. The van der Waals surface area contributed by atoms with Crippen LogP contribution in [0.2, 0.25) is 0 Å². The summed E-state index contributed by atoms with van der Waals surface area (Å²) < 4.78 is 21.8. The summed E-state index contributed by atoms with van der Waals surface area (Å²) in [6.45, 7) is 3.65. The van der Waals surface area contributed by atoms with Crippen molar-refractivity contribution in [1.82, 2.24) is 0 Å². The standard InChI is InChI=1S/C57H94O11/c1-3-5-7-9-11-13-15-17-19-21-23-24-25-26-28-30-32-34-36-38-40-42-44-46-51(59)67-49(48-66-57-54(62)52(60)53(61)55(68-57)56(63)64)47-65-50(58)45-43-41-39-37-35-33-31-29-27-22-20-18-16-14-12-10-8-6-4-2/h6,8,12,14,18,20-21,23,27,29,33,35,39,41,49,52-55,57,60-62H,3-5,7,9-11,13,15-17,19,22,24-26,28,30-32,34,36-38,40,42-48H2,1-2H3,(H,63,64)/b8-6-,14-12-,20-18-,23-21-,29-27-,35-33-,41-39-. The van der Waals surface area contributed by atoms with Crippen LogP contribution >= 0.6 is 0 Å². The number of hydrogen-bond donors (Lipinski definition) is 4. The first kappa shape index (κ1) is 62.4. The number of aliphatic carboxylic acids is 1. The lowest BCUT2D eigenvalue weighted by Gasteiger charge is -2.38. The minimum Gasteiger partial charge on any atom is -0.479 e. The van der Waals surface area contributed by atoms with Gasteiger partial charge in [-0.3, -0.25) is 9.59 Å². The monoisotopic (exact) mass is 955 g/mol. The maximum Gasteiger partial charge on any atom is 0.335 e. The fraction of sp³-hybridized carbons (Fsp3) is 0.702. The van der Waals surface area contributed by atoms with E-state index in [1.54, 1.807) is 0 Å². The lowest BCUT2D eigenvalue weighted by molar-refractivity contribution is -0.298. The number of carboxylic acids is 1. The minimum atomic E-state index is -1.88. The number of carbonyl (C=O) groups excluding carboxylic acids is 2. The molecule has 1 aliphatic heterocycles. The van der Waals surface area contributed by atoms with E-state index < -0.39 is 61.3 Å². The van der Waals surface area contributed by atoms with Gasteiger partial charge in [-0.05, 0) is 77.0 Å². The number of ether oxygens (including phenoxy) is 4. The normalized spacial score (nSPS) is 19.6. The zero-order valence-corrected chi connectivity index (χ0v) is 42.3. The number of carbonyl (C=O) groups is 3. The van der Waals surface area contributed by atoms with Crippen molar-refractivity contribution in [2.24, 2.45) is 0 Å². The van der Waals surface area contributed by atoms with Gasteiger partial charge in [-0.15, -0.1) is 0 Å². The summed E-state index contributed by atoms with van der Waals surface area (Å²) in [5, 5.41) is 40.0. The number of esters is 2. The average molecular weight is 955 g/mol. The molecule has 0 radical (unpaired) electrons. The lowest BCUT2D eigenvalue weighted by Crippen LogP contribution is -2.60. The maximum atomic E-state index is 12.8. The summed E-state index contributed by atoms with van der Waals surface area (Å²) in [7, 11) is 0. The SMILES string of the molecule is CC/C=C\C/C=C\C/C=C\C/C=C\C/C=C\C/C=C\CCC(=O)OCC(COC1OC(C(=O)O)C(O)C(O)C1O)OC(=O)CCCCCCCCCCCCC/C=C\CCCCCCCCCC. The summed E-state index contributed by atoms with van der Waals surface area (Å²) in [5.74, 6) is -2.55. The Balaban J connectivity index is 2.33. The van der Waals surface area contributed by atoms with Crippen LogP contribution in [0.5, 0.6) is 0 Å². The molecule has 1 rings (SSSR count). The Kier molecular flexibility index (Phi) is 42.0. The van der Waals surface area contributed by atoms with Gasteiger partial charge in [0.2, 0.25) is 0 Å². The Bertz CT molecular complexity index is 1450. The van der Waals surface area contributed by atoms with Crippen molar-refractivity contribution in [1.29, 1.82) is 0 Å². The molecule has 0 aliphatic carbocycles. The molecule has 388 valence electrons. The van der Waals surface area contributed by atoms with Crippen LogP contribution in [0, 0.1) is 0 Å². The fourth-order valence-electron chi connectivity index (χ4n) is 7.61. The van der Waals surface area contributed by atoms with E-state index in [0.29, 0.717) is 12.8 Å². The van der Waals surface area contributed by atoms with Gasteiger partial charge < -0.3 is 39.4 Å². The van der Waals surface area contributed by atoms with Crippen molar-refractivity contribution in [2.45, 2.75) is 243 Å². The summed E-state index contributed by atoms with van der Waals surface area (Å²) in [6.07, 6.45) is 52.2. The molecule has 4 N–H and O–H groups in total. The predicted molar refractivity (Wildman–Crippen MR) is 275 cm³/mol. The number of rotatable bonds is 44. The van der Waals surface area contributed by atoms with E-state index in [0.717, 1.165) is 57.8 Å². The molecule has 0 spiro atoms. The number of hydrogen-bond acceptors (Lipinski definition) is 10. The van der Waals surface area contributed by atoms with Gasteiger partial charge in [0.15, 0.2) is 18.5 Å². The zero-order valence-electron chi connectivity index (χ0n) is 42.3. The van der Waals surface area contributed by atoms with E-state index in [1.165, 1.54) is 109 Å². The zero-order chi connectivity index (χ0) is 49.6. The van der Waals surface area contributed by atoms with Gasteiger partial charge >= 0.3 is 17.9 Å². The highest BCUT2D eigenvalue weighted by Crippen LogP contribution is 2.23. The third-order valence-electron chi connectivity index (χ3n) is 11.7. The van der Waals surface area contributed by atoms with Crippen molar-refractivity contribution in [3.63, 3.8) is 0 Å². The van der Waals surface area contributed by atoms with Crippen LogP contribution < -0.4 is 0 Å². The molecule has 1 fully saturated rings. The first-order valence-corrected chi connectivity index (χ1v) is 26.6. The molecule has 1 saturated heterocycles. The largest absolute Gasteiger partial charge is 0.479 e. The quantitative estimate of drug-likeness (QED) is 0.0260. The second kappa shape index (κ2) is 45.8. The van der Waals surface area contributed by atoms with Gasteiger partial charge in [-0.1, -0.05) is 202 Å². The van der Waals surface area contributed by atoms with E-state index in [-0.39, 0.29) is 19.4 Å². The van der Waals surface area contributed by atoms with Gasteiger partial charge in [-0.2, -0.15) is 0 Å². The Labute approximate surface area is 411 Å². The van der Waals surface area contributed by atoms with Crippen molar-refractivity contribution in [3.8, 4) is 0 Å². The summed E-state index contributed by atoms with van der Waals surface area (Å²) >= 11 is 0. The first-order valence-electron chi connectivity index (χ1n) is 26.6. The second-order valence-corrected chi connectivity index (χ2v) is 18.0. The number of allylic oxidation sites excluding steroid dienone is 14. The molecule has 0 saturated carbocycles. The van der Waals surface area contributed by atoms with Gasteiger partial charge in [0, 0.05) is 12.8 Å². The van der Waals surface area contributed by atoms with Crippen molar-refractivity contribution < 1.29 is 53.8 Å². The van der Waals surface area contributed by atoms with Crippen LogP contribution in [-0.4, -0.2) is 88.4 Å². The molecule has 68 heavy (non-hydrogen) atoms. The van der Waals surface area contributed by atoms with Gasteiger partial charge in [0.25, 0.3) is 0 Å². The number of unbranched alkanes of at least 4 members (excludes halogenated alkanes) is 19. The molecule has 6 unspecified atom stereocenters. The number of carboxylic acid groups (broad SMARTS) is 1. The molecule has 1 aliphatic rings. The third-order valence-corrected chi connectivity index (χ3v) is 11.7. The average Bonchev–Trinajstić information content (AvgIpc) is 3.32. The molecule has 0 amide bonds. The molecular formula is C57H94O11. The van der Waals surface area contributed by atoms with Crippen molar-refractivity contribution in [2.75, 3.05) is 13.2 Å². The van der Waals surface area contributed by atoms with E-state index in [4.69, 9.17) is 18.9 Å². The molecule has 6 atom stereocenters. The van der Waals surface area contributed by atoms with Crippen LogP contribution in [0.1, 0.15) is 206 Å². The molecule has 0 aromatic rings. The van der Waals surface area contributed by atoms with E-state index in [1.807, 2.05) is 12.2 Å². The molecule has 0 bridgehead atoms. The van der Waals surface area contributed by atoms with Gasteiger partial charge in [0.1, 0.15) is 24.9 Å². The van der Waals surface area contributed by atoms with E-state index in [9.17, 15) is 34.8 Å². The van der Waals surface area contributed by atoms with Crippen molar-refractivity contribution >= 4 is 17.9 Å². The third kappa shape index (κ3) is 36.4. The summed E-state index contributed by atoms with van der Waals surface area (Å²) in [6, 6.07) is 0. The van der Waals surface area contributed by atoms with Crippen LogP contribution in [0.15, 0.2) is 85.1 Å². The minimum absolute atomic E-state index is 0.107. The Hall–Kier alpha value is -3.61. The Morgan fingerprint density at radius 2 is 0.897 bits per heavy atom.